The van der Waals surface area contributed by atoms with Crippen LogP contribution in [0.1, 0.15) is 57.1 Å². The predicted molar refractivity (Wildman–Crippen MR) is 84.7 cm³/mol. The Morgan fingerprint density at radius 2 is 1.90 bits per heavy atom. The Morgan fingerprint density at radius 3 is 2.57 bits per heavy atom. The molecule has 2 fully saturated rings. The van der Waals surface area contributed by atoms with Crippen molar-refractivity contribution < 1.29 is 9.47 Å². The normalized spacial score (nSPS) is 24.3. The zero-order valence-electron chi connectivity index (χ0n) is 13.0. The van der Waals surface area contributed by atoms with Crippen LogP contribution in [0.3, 0.4) is 0 Å². The van der Waals surface area contributed by atoms with Gasteiger partial charge >= 0.3 is 0 Å². The molecular weight excluding hydrogens is 262 g/mol. The van der Waals surface area contributed by atoms with E-state index < -0.39 is 0 Å². The van der Waals surface area contributed by atoms with Gasteiger partial charge in [0.2, 0.25) is 0 Å². The second-order valence-electron chi connectivity index (χ2n) is 6.36. The zero-order chi connectivity index (χ0) is 14.5. The van der Waals surface area contributed by atoms with E-state index in [1.54, 1.807) is 0 Å². The smallest absolute Gasteiger partial charge is 0.119 e. The number of benzene rings is 1. The van der Waals surface area contributed by atoms with Crippen molar-refractivity contribution in [2.24, 2.45) is 0 Å². The molecule has 1 aliphatic carbocycles. The molecule has 1 saturated carbocycles. The Bertz CT molecular complexity index is 419. The molecule has 116 valence electrons. The van der Waals surface area contributed by atoms with Crippen LogP contribution in [0.4, 0.5) is 0 Å². The SMILES string of the molecule is C[C@@H](NC[C@H]1CCCO1)c1ccc(OC2CCCC2)cc1. The Labute approximate surface area is 128 Å². The third-order valence-electron chi connectivity index (χ3n) is 4.66. The van der Waals surface area contributed by atoms with E-state index in [2.05, 4.69) is 36.5 Å². The molecular formula is C18H27NO2. The first kappa shape index (κ1) is 14.9. The van der Waals surface area contributed by atoms with Crippen molar-refractivity contribution in [3.8, 4) is 5.75 Å². The van der Waals surface area contributed by atoms with E-state index in [0.29, 0.717) is 18.2 Å². The molecule has 1 aliphatic heterocycles. The first-order chi connectivity index (χ1) is 10.3. The van der Waals surface area contributed by atoms with Gasteiger partial charge in [0.05, 0.1) is 12.2 Å². The van der Waals surface area contributed by atoms with Crippen molar-refractivity contribution in [2.75, 3.05) is 13.2 Å². The second kappa shape index (κ2) is 7.28. The van der Waals surface area contributed by atoms with Gasteiger partial charge in [0.1, 0.15) is 5.75 Å². The van der Waals surface area contributed by atoms with Crippen LogP contribution in [0.2, 0.25) is 0 Å². The molecule has 1 saturated heterocycles. The fourth-order valence-electron chi connectivity index (χ4n) is 3.27. The molecule has 0 aromatic heterocycles. The van der Waals surface area contributed by atoms with E-state index in [0.717, 1.165) is 18.9 Å². The van der Waals surface area contributed by atoms with E-state index in [-0.39, 0.29) is 0 Å². The van der Waals surface area contributed by atoms with Gasteiger partial charge in [-0.3, -0.25) is 0 Å². The fraction of sp³-hybridized carbons (Fsp3) is 0.667. The molecule has 3 heteroatoms. The summed E-state index contributed by atoms with van der Waals surface area (Å²) in [7, 11) is 0. The third-order valence-corrected chi connectivity index (χ3v) is 4.66. The highest BCUT2D eigenvalue weighted by atomic mass is 16.5. The summed E-state index contributed by atoms with van der Waals surface area (Å²) in [4.78, 5) is 0. The van der Waals surface area contributed by atoms with Crippen molar-refractivity contribution in [3.05, 3.63) is 29.8 Å². The average molecular weight is 289 g/mol. The summed E-state index contributed by atoms with van der Waals surface area (Å²) in [6.07, 6.45) is 8.27. The number of hydrogen-bond donors (Lipinski definition) is 1. The van der Waals surface area contributed by atoms with Crippen molar-refractivity contribution in [3.63, 3.8) is 0 Å². The van der Waals surface area contributed by atoms with E-state index >= 15 is 0 Å². The van der Waals surface area contributed by atoms with Crippen molar-refractivity contribution >= 4 is 0 Å². The van der Waals surface area contributed by atoms with Gasteiger partial charge in [0, 0.05) is 19.2 Å². The maximum absolute atomic E-state index is 6.01. The molecule has 1 heterocycles. The van der Waals surface area contributed by atoms with E-state index in [1.807, 2.05) is 0 Å². The van der Waals surface area contributed by atoms with Gasteiger partial charge in [-0.2, -0.15) is 0 Å². The van der Waals surface area contributed by atoms with Crippen LogP contribution in [-0.2, 0) is 4.74 Å². The first-order valence-electron chi connectivity index (χ1n) is 8.43. The maximum atomic E-state index is 6.01. The predicted octanol–water partition coefficient (Wildman–Crippen LogP) is 3.84. The number of rotatable bonds is 6. The zero-order valence-corrected chi connectivity index (χ0v) is 13.0. The van der Waals surface area contributed by atoms with Gasteiger partial charge in [-0.15, -0.1) is 0 Å². The summed E-state index contributed by atoms with van der Waals surface area (Å²) in [5.74, 6) is 1.01. The monoisotopic (exact) mass is 289 g/mol. The van der Waals surface area contributed by atoms with Crippen molar-refractivity contribution in [1.82, 2.24) is 5.32 Å². The van der Waals surface area contributed by atoms with Crippen LogP contribution in [0.25, 0.3) is 0 Å². The standard InChI is InChI=1S/C18H27NO2/c1-14(19-13-18-7-4-12-20-18)15-8-10-17(11-9-15)21-16-5-2-3-6-16/h8-11,14,16,18-19H,2-7,12-13H2,1H3/t14-,18-/m1/s1. The topological polar surface area (TPSA) is 30.5 Å². The molecule has 0 amide bonds. The Morgan fingerprint density at radius 1 is 1.14 bits per heavy atom. The first-order valence-corrected chi connectivity index (χ1v) is 8.43. The molecule has 1 aromatic rings. The summed E-state index contributed by atoms with van der Waals surface area (Å²) in [5, 5.41) is 3.57. The van der Waals surface area contributed by atoms with E-state index in [4.69, 9.17) is 9.47 Å². The van der Waals surface area contributed by atoms with Crippen LogP contribution in [0.15, 0.2) is 24.3 Å². The highest BCUT2D eigenvalue weighted by molar-refractivity contribution is 5.29. The summed E-state index contributed by atoms with van der Waals surface area (Å²) in [6.45, 7) is 4.08. The fourth-order valence-corrected chi connectivity index (χ4v) is 3.27. The van der Waals surface area contributed by atoms with Crippen LogP contribution < -0.4 is 10.1 Å². The lowest BCUT2D eigenvalue weighted by molar-refractivity contribution is 0.108. The lowest BCUT2D eigenvalue weighted by Gasteiger charge is -2.18. The molecule has 3 nitrogen and oxygen atoms in total. The quantitative estimate of drug-likeness (QED) is 0.863. The summed E-state index contributed by atoms with van der Waals surface area (Å²) in [6, 6.07) is 8.93. The Hall–Kier alpha value is -1.06. The molecule has 0 radical (unpaired) electrons. The van der Waals surface area contributed by atoms with Crippen molar-refractivity contribution in [1.29, 1.82) is 0 Å². The van der Waals surface area contributed by atoms with Gasteiger partial charge in [-0.25, -0.2) is 0 Å². The highest BCUT2D eigenvalue weighted by Crippen LogP contribution is 2.25. The summed E-state index contributed by atoms with van der Waals surface area (Å²) < 4.78 is 11.7. The molecule has 0 bridgehead atoms. The van der Waals surface area contributed by atoms with Gasteiger partial charge in [-0.1, -0.05) is 12.1 Å². The maximum Gasteiger partial charge on any atom is 0.119 e. The largest absolute Gasteiger partial charge is 0.490 e. The number of nitrogens with one attached hydrogen (secondary N) is 1. The number of ether oxygens (including phenoxy) is 2. The molecule has 1 aromatic carbocycles. The summed E-state index contributed by atoms with van der Waals surface area (Å²) in [5.41, 5.74) is 1.31. The molecule has 2 atom stereocenters. The van der Waals surface area contributed by atoms with Crippen LogP contribution >= 0.6 is 0 Å². The highest BCUT2D eigenvalue weighted by Gasteiger charge is 2.18. The van der Waals surface area contributed by atoms with E-state index in [1.165, 1.54) is 44.1 Å². The van der Waals surface area contributed by atoms with Crippen LogP contribution in [0.5, 0.6) is 5.75 Å². The lowest BCUT2D eigenvalue weighted by Crippen LogP contribution is -2.28. The van der Waals surface area contributed by atoms with Gasteiger partial charge < -0.3 is 14.8 Å². The van der Waals surface area contributed by atoms with Crippen LogP contribution in [-0.4, -0.2) is 25.4 Å². The minimum atomic E-state index is 0.356. The second-order valence-corrected chi connectivity index (χ2v) is 6.36. The lowest BCUT2D eigenvalue weighted by atomic mass is 10.1. The molecule has 1 N–H and O–H groups in total. The van der Waals surface area contributed by atoms with Gasteiger partial charge in [0.15, 0.2) is 0 Å². The molecule has 0 unspecified atom stereocenters. The average Bonchev–Trinajstić information content (AvgIpc) is 3.19. The molecule has 21 heavy (non-hydrogen) atoms. The van der Waals surface area contributed by atoms with Crippen molar-refractivity contribution in [2.45, 2.75) is 63.7 Å². The van der Waals surface area contributed by atoms with Crippen LogP contribution in [0, 0.1) is 0 Å². The minimum absolute atomic E-state index is 0.356. The Balaban J connectivity index is 1.48. The molecule has 0 spiro atoms. The molecule has 2 aliphatic rings. The minimum Gasteiger partial charge on any atom is -0.490 e. The Kier molecular flexibility index (Phi) is 5.15. The van der Waals surface area contributed by atoms with Gasteiger partial charge in [0.25, 0.3) is 0 Å². The number of hydrogen-bond acceptors (Lipinski definition) is 3. The van der Waals surface area contributed by atoms with E-state index in [9.17, 15) is 0 Å². The summed E-state index contributed by atoms with van der Waals surface area (Å²) >= 11 is 0. The van der Waals surface area contributed by atoms with Gasteiger partial charge in [-0.05, 0) is 63.1 Å². The third kappa shape index (κ3) is 4.21. The molecule has 3 rings (SSSR count).